The minimum atomic E-state index is -0.136. The highest BCUT2D eigenvalue weighted by Crippen LogP contribution is 2.38. The summed E-state index contributed by atoms with van der Waals surface area (Å²) in [6.07, 6.45) is 3.12. The lowest BCUT2D eigenvalue weighted by molar-refractivity contribution is -0.105. The van der Waals surface area contributed by atoms with E-state index in [0.29, 0.717) is 0 Å². The maximum atomic E-state index is 6.32. The summed E-state index contributed by atoms with van der Waals surface area (Å²) in [4.78, 5) is 0. The third-order valence-electron chi connectivity index (χ3n) is 5.51. The van der Waals surface area contributed by atoms with Crippen molar-refractivity contribution in [2.24, 2.45) is 0 Å². The molecule has 1 aliphatic rings. The van der Waals surface area contributed by atoms with E-state index in [4.69, 9.17) is 9.47 Å². The lowest BCUT2D eigenvalue weighted by atomic mass is 9.79. The van der Waals surface area contributed by atoms with Gasteiger partial charge in [0.05, 0.1) is 6.61 Å². The van der Waals surface area contributed by atoms with Crippen LogP contribution in [-0.4, -0.2) is 12.9 Å². The molecule has 2 nitrogen and oxygen atoms in total. The van der Waals surface area contributed by atoms with Gasteiger partial charge < -0.3 is 9.47 Å². The summed E-state index contributed by atoms with van der Waals surface area (Å²) in [5, 5.41) is 0. The molecule has 3 rings (SSSR count). The van der Waals surface area contributed by atoms with Gasteiger partial charge in [-0.05, 0) is 59.4 Å². The second-order valence-electron chi connectivity index (χ2n) is 10.2. The molecule has 28 heavy (non-hydrogen) atoms. The van der Waals surface area contributed by atoms with Crippen LogP contribution in [0.5, 0.6) is 5.75 Å². The predicted molar refractivity (Wildman–Crippen MR) is 118 cm³/mol. The molecule has 1 atom stereocenters. The first-order valence-corrected chi connectivity index (χ1v) is 10.6. The quantitative estimate of drug-likeness (QED) is 0.562. The maximum Gasteiger partial charge on any atom is 0.199 e. The van der Waals surface area contributed by atoms with Crippen molar-refractivity contribution in [2.45, 2.75) is 84.8 Å². The van der Waals surface area contributed by atoms with E-state index in [2.05, 4.69) is 84.9 Å². The van der Waals surface area contributed by atoms with E-state index < -0.39 is 0 Å². The van der Waals surface area contributed by atoms with Gasteiger partial charge in [-0.15, -0.1) is 0 Å². The first-order chi connectivity index (χ1) is 13.0. The van der Waals surface area contributed by atoms with Gasteiger partial charge in [0.2, 0.25) is 0 Å². The molecular weight excluding hydrogens is 344 g/mol. The molecule has 1 unspecified atom stereocenters. The Morgan fingerprint density at radius 2 is 1.50 bits per heavy atom. The molecule has 0 bridgehead atoms. The van der Waals surface area contributed by atoms with Gasteiger partial charge in [0.1, 0.15) is 5.75 Å². The molecule has 1 saturated heterocycles. The molecule has 1 fully saturated rings. The van der Waals surface area contributed by atoms with Crippen molar-refractivity contribution in [2.75, 3.05) is 6.61 Å². The minimum absolute atomic E-state index is 0.0906. The molecule has 2 heteroatoms. The first kappa shape index (κ1) is 20.9. The van der Waals surface area contributed by atoms with E-state index in [1.807, 2.05) is 0 Å². The summed E-state index contributed by atoms with van der Waals surface area (Å²) < 4.78 is 12.2. The predicted octanol–water partition coefficient (Wildman–Crippen LogP) is 7.16. The standard InChI is InChI=1S/C26H36O2/c1-18-11-12-23(28-24-10-8-9-13-27-24)22(14-18)19-15-20(25(2,3)4)17-21(16-19)26(5,6)7/h11-12,14-17,24H,8-10,13H2,1-7H3. The second-order valence-corrected chi connectivity index (χ2v) is 10.2. The van der Waals surface area contributed by atoms with Crippen molar-refractivity contribution in [1.29, 1.82) is 0 Å². The fourth-order valence-electron chi connectivity index (χ4n) is 3.57. The molecule has 0 amide bonds. The lowest BCUT2D eigenvalue weighted by Crippen LogP contribution is -2.25. The van der Waals surface area contributed by atoms with E-state index in [1.165, 1.54) is 28.7 Å². The van der Waals surface area contributed by atoms with Crippen molar-refractivity contribution < 1.29 is 9.47 Å². The third kappa shape index (κ3) is 4.97. The van der Waals surface area contributed by atoms with Crippen LogP contribution >= 0.6 is 0 Å². The van der Waals surface area contributed by atoms with E-state index in [9.17, 15) is 0 Å². The number of rotatable bonds is 3. The summed E-state index contributed by atoms with van der Waals surface area (Å²) in [6.45, 7) is 16.6. The van der Waals surface area contributed by atoms with Gasteiger partial charge in [-0.2, -0.15) is 0 Å². The van der Waals surface area contributed by atoms with Crippen LogP contribution in [0, 0.1) is 6.92 Å². The van der Waals surface area contributed by atoms with Gasteiger partial charge in [-0.3, -0.25) is 0 Å². The summed E-state index contributed by atoms with van der Waals surface area (Å²) in [7, 11) is 0. The smallest absolute Gasteiger partial charge is 0.199 e. The highest BCUT2D eigenvalue weighted by molar-refractivity contribution is 5.73. The summed E-state index contributed by atoms with van der Waals surface area (Å²) >= 11 is 0. The van der Waals surface area contributed by atoms with Crippen LogP contribution in [0.1, 0.15) is 77.5 Å². The molecule has 0 aliphatic carbocycles. The van der Waals surface area contributed by atoms with Gasteiger partial charge in [-0.1, -0.05) is 71.4 Å². The first-order valence-electron chi connectivity index (χ1n) is 10.6. The maximum absolute atomic E-state index is 6.32. The van der Waals surface area contributed by atoms with Crippen LogP contribution in [0.2, 0.25) is 0 Å². The Morgan fingerprint density at radius 3 is 2.04 bits per heavy atom. The number of hydrogen-bond donors (Lipinski definition) is 0. The molecule has 2 aromatic rings. The molecular formula is C26H36O2. The van der Waals surface area contributed by atoms with Crippen molar-refractivity contribution in [3.8, 4) is 16.9 Å². The zero-order chi connectivity index (χ0) is 20.5. The Bertz CT molecular complexity index is 783. The summed E-state index contributed by atoms with van der Waals surface area (Å²) in [5.74, 6) is 0.920. The molecule has 1 aliphatic heterocycles. The normalized spacial score (nSPS) is 18.2. The average Bonchev–Trinajstić information content (AvgIpc) is 2.62. The number of aryl methyl sites for hydroxylation is 1. The van der Waals surface area contributed by atoms with Crippen molar-refractivity contribution in [1.82, 2.24) is 0 Å². The van der Waals surface area contributed by atoms with Crippen LogP contribution in [-0.2, 0) is 15.6 Å². The number of benzene rings is 2. The average molecular weight is 381 g/mol. The van der Waals surface area contributed by atoms with E-state index >= 15 is 0 Å². The lowest BCUT2D eigenvalue weighted by Gasteiger charge is -2.28. The fourth-order valence-corrected chi connectivity index (χ4v) is 3.57. The Morgan fingerprint density at radius 1 is 0.857 bits per heavy atom. The molecule has 152 valence electrons. The van der Waals surface area contributed by atoms with Gasteiger partial charge in [0.25, 0.3) is 0 Å². The SMILES string of the molecule is Cc1ccc(OC2CCCCO2)c(-c2cc(C(C)(C)C)cc(C(C)(C)C)c2)c1. The van der Waals surface area contributed by atoms with Crippen LogP contribution in [0.25, 0.3) is 11.1 Å². The van der Waals surface area contributed by atoms with Crippen LogP contribution < -0.4 is 4.74 Å². The Balaban J connectivity index is 2.10. The van der Waals surface area contributed by atoms with Gasteiger partial charge >= 0.3 is 0 Å². The van der Waals surface area contributed by atoms with Gasteiger partial charge in [0, 0.05) is 12.0 Å². The third-order valence-corrected chi connectivity index (χ3v) is 5.51. The molecule has 2 aromatic carbocycles. The Kier molecular flexibility index (Phi) is 5.91. The van der Waals surface area contributed by atoms with Crippen molar-refractivity contribution in [3.63, 3.8) is 0 Å². The second kappa shape index (κ2) is 7.91. The zero-order valence-electron chi connectivity index (χ0n) is 18.7. The van der Waals surface area contributed by atoms with Crippen LogP contribution in [0.15, 0.2) is 36.4 Å². The van der Waals surface area contributed by atoms with Crippen molar-refractivity contribution >= 4 is 0 Å². The van der Waals surface area contributed by atoms with Crippen LogP contribution in [0.4, 0.5) is 0 Å². The molecule has 0 radical (unpaired) electrons. The highest BCUT2D eigenvalue weighted by atomic mass is 16.7. The largest absolute Gasteiger partial charge is 0.464 e. The topological polar surface area (TPSA) is 18.5 Å². The monoisotopic (exact) mass is 380 g/mol. The molecule has 0 N–H and O–H groups in total. The van der Waals surface area contributed by atoms with E-state index in [1.54, 1.807) is 0 Å². The van der Waals surface area contributed by atoms with Gasteiger partial charge in [-0.25, -0.2) is 0 Å². The number of ether oxygens (including phenoxy) is 2. The zero-order valence-corrected chi connectivity index (χ0v) is 18.7. The van der Waals surface area contributed by atoms with E-state index in [0.717, 1.165) is 30.8 Å². The van der Waals surface area contributed by atoms with Crippen molar-refractivity contribution in [3.05, 3.63) is 53.1 Å². The molecule has 0 saturated carbocycles. The molecule has 1 heterocycles. The Labute approximate surface area is 171 Å². The molecule has 0 aromatic heterocycles. The summed E-state index contributed by atoms with van der Waals surface area (Å²) in [5.41, 5.74) is 6.52. The van der Waals surface area contributed by atoms with Crippen LogP contribution in [0.3, 0.4) is 0 Å². The van der Waals surface area contributed by atoms with E-state index in [-0.39, 0.29) is 17.1 Å². The number of hydrogen-bond acceptors (Lipinski definition) is 2. The molecule has 0 spiro atoms. The summed E-state index contributed by atoms with van der Waals surface area (Å²) in [6, 6.07) is 13.5. The minimum Gasteiger partial charge on any atom is -0.464 e. The van der Waals surface area contributed by atoms with Gasteiger partial charge in [0.15, 0.2) is 6.29 Å². The Hall–Kier alpha value is -1.80. The fraction of sp³-hybridized carbons (Fsp3) is 0.538. The highest BCUT2D eigenvalue weighted by Gasteiger charge is 2.23.